The summed E-state index contributed by atoms with van der Waals surface area (Å²) in [4.78, 5) is 31.8. The quantitative estimate of drug-likeness (QED) is 0.778. The summed E-state index contributed by atoms with van der Waals surface area (Å²) in [7, 11) is 0. The molecule has 116 valence electrons. The van der Waals surface area contributed by atoms with Gasteiger partial charge in [-0.25, -0.2) is 14.6 Å². The first kappa shape index (κ1) is 15.3. The number of urea groups is 1. The predicted octanol–water partition coefficient (Wildman–Crippen LogP) is 1.24. The highest BCUT2D eigenvalue weighted by Crippen LogP contribution is 2.29. The van der Waals surface area contributed by atoms with Crippen molar-refractivity contribution in [3.63, 3.8) is 0 Å². The average molecular weight is 294 g/mol. The zero-order valence-corrected chi connectivity index (χ0v) is 12.4. The van der Waals surface area contributed by atoms with Crippen molar-refractivity contribution in [1.29, 1.82) is 0 Å². The maximum absolute atomic E-state index is 12.2. The van der Waals surface area contributed by atoms with Crippen LogP contribution in [0, 0.1) is 5.41 Å². The van der Waals surface area contributed by atoms with Gasteiger partial charge in [-0.1, -0.05) is 13.8 Å². The summed E-state index contributed by atoms with van der Waals surface area (Å²) in [5, 5.41) is 11.8. The van der Waals surface area contributed by atoms with Crippen molar-refractivity contribution in [2.24, 2.45) is 5.41 Å². The summed E-state index contributed by atoms with van der Waals surface area (Å²) >= 11 is 0. The monoisotopic (exact) mass is 294 g/mol. The first-order chi connectivity index (χ1) is 9.87. The van der Waals surface area contributed by atoms with Gasteiger partial charge in [0.2, 0.25) is 0 Å². The van der Waals surface area contributed by atoms with Crippen LogP contribution in [0.25, 0.3) is 0 Å². The van der Waals surface area contributed by atoms with Crippen molar-refractivity contribution in [2.75, 3.05) is 13.1 Å². The van der Waals surface area contributed by atoms with Crippen LogP contribution in [-0.2, 0) is 11.2 Å². The molecule has 21 heavy (non-hydrogen) atoms. The number of hydrogen-bond acceptors (Lipinski definition) is 3. The number of aromatic amines is 1. The van der Waals surface area contributed by atoms with Crippen LogP contribution >= 0.6 is 0 Å². The van der Waals surface area contributed by atoms with Gasteiger partial charge in [-0.3, -0.25) is 0 Å². The number of likely N-dealkylation sites (tertiary alicyclic amines) is 1. The number of amides is 2. The number of nitrogens with one attached hydrogen (secondary N) is 2. The van der Waals surface area contributed by atoms with E-state index in [4.69, 9.17) is 0 Å². The minimum absolute atomic E-state index is 0.195. The minimum Gasteiger partial charge on any atom is -0.480 e. The number of piperidine rings is 1. The summed E-state index contributed by atoms with van der Waals surface area (Å²) < 4.78 is 0. The molecule has 0 bridgehead atoms. The number of aliphatic carboxylic acids is 1. The highest BCUT2D eigenvalue weighted by atomic mass is 16.4. The second-order valence-electron chi connectivity index (χ2n) is 6.27. The van der Waals surface area contributed by atoms with Gasteiger partial charge in [0.05, 0.1) is 6.33 Å². The molecule has 1 aliphatic heterocycles. The fourth-order valence-corrected chi connectivity index (χ4v) is 2.37. The summed E-state index contributed by atoms with van der Waals surface area (Å²) in [6.07, 6.45) is 5.10. The fraction of sp³-hybridized carbons (Fsp3) is 0.643. The van der Waals surface area contributed by atoms with E-state index in [0.29, 0.717) is 18.8 Å². The van der Waals surface area contributed by atoms with Crippen molar-refractivity contribution in [1.82, 2.24) is 20.2 Å². The molecular formula is C14H22N4O3. The minimum atomic E-state index is -1.05. The van der Waals surface area contributed by atoms with Gasteiger partial charge in [-0.15, -0.1) is 0 Å². The van der Waals surface area contributed by atoms with Crippen molar-refractivity contribution in [2.45, 2.75) is 39.2 Å². The van der Waals surface area contributed by atoms with Crippen molar-refractivity contribution in [3.8, 4) is 0 Å². The molecule has 7 heteroatoms. The van der Waals surface area contributed by atoms with Gasteiger partial charge < -0.3 is 20.3 Å². The predicted molar refractivity (Wildman–Crippen MR) is 76.8 cm³/mol. The maximum Gasteiger partial charge on any atom is 0.326 e. The summed E-state index contributed by atoms with van der Waals surface area (Å²) in [6.45, 7) is 5.69. The first-order valence-corrected chi connectivity index (χ1v) is 7.13. The fourth-order valence-electron chi connectivity index (χ4n) is 2.37. The van der Waals surface area contributed by atoms with Gasteiger partial charge in [0, 0.05) is 31.4 Å². The van der Waals surface area contributed by atoms with Gasteiger partial charge in [-0.05, 0) is 18.3 Å². The number of aromatic nitrogens is 2. The maximum atomic E-state index is 12.2. The number of carboxylic acids is 1. The number of rotatable bonds is 4. The Kier molecular flexibility index (Phi) is 4.50. The second-order valence-corrected chi connectivity index (χ2v) is 6.27. The third-order valence-corrected chi connectivity index (χ3v) is 3.98. The van der Waals surface area contributed by atoms with Crippen molar-refractivity contribution < 1.29 is 14.7 Å². The largest absolute Gasteiger partial charge is 0.480 e. The number of carbonyl (C=O) groups is 2. The van der Waals surface area contributed by atoms with Crippen LogP contribution in [0.15, 0.2) is 12.5 Å². The van der Waals surface area contributed by atoms with E-state index < -0.39 is 12.0 Å². The van der Waals surface area contributed by atoms with Crippen molar-refractivity contribution in [3.05, 3.63) is 18.2 Å². The highest BCUT2D eigenvalue weighted by molar-refractivity contribution is 5.82. The molecule has 0 saturated carbocycles. The normalized spacial score (nSPS) is 19.0. The van der Waals surface area contributed by atoms with Crippen LogP contribution in [-0.4, -0.2) is 51.1 Å². The molecule has 0 spiro atoms. The molecule has 0 aromatic carbocycles. The molecule has 3 N–H and O–H groups in total. The zero-order valence-electron chi connectivity index (χ0n) is 12.4. The molecule has 1 aromatic heterocycles. The van der Waals surface area contributed by atoms with Gasteiger partial charge >= 0.3 is 12.0 Å². The lowest BCUT2D eigenvalue weighted by atomic mass is 9.83. The van der Waals surface area contributed by atoms with Gasteiger partial charge in [0.15, 0.2) is 0 Å². The molecule has 1 atom stereocenters. The summed E-state index contributed by atoms with van der Waals surface area (Å²) in [6, 6.07) is -1.26. The molecule has 2 rings (SSSR count). The number of hydrogen-bond donors (Lipinski definition) is 3. The topological polar surface area (TPSA) is 98.3 Å². The Morgan fingerprint density at radius 1 is 1.48 bits per heavy atom. The zero-order chi connectivity index (χ0) is 15.5. The molecule has 2 heterocycles. The van der Waals surface area contributed by atoms with E-state index in [1.54, 1.807) is 11.1 Å². The molecule has 2 amide bonds. The summed E-state index contributed by atoms with van der Waals surface area (Å²) in [5.41, 5.74) is 0.932. The lowest BCUT2D eigenvalue weighted by Crippen LogP contribution is -2.51. The van der Waals surface area contributed by atoms with E-state index in [9.17, 15) is 14.7 Å². The lowest BCUT2D eigenvalue weighted by molar-refractivity contribution is -0.139. The molecular weight excluding hydrogens is 272 g/mol. The SMILES string of the molecule is CC1(C)CCN(C(=O)N[C@H](Cc2cnc[nH]2)C(=O)O)CC1. The number of imidazole rings is 1. The van der Waals surface area contributed by atoms with Crippen LogP contribution < -0.4 is 5.32 Å². The average Bonchev–Trinajstić information content (AvgIpc) is 2.90. The first-order valence-electron chi connectivity index (χ1n) is 7.13. The number of H-pyrrole nitrogens is 1. The third kappa shape index (κ3) is 4.21. The summed E-state index contributed by atoms with van der Waals surface area (Å²) in [5.74, 6) is -1.05. The van der Waals surface area contributed by atoms with Crippen LogP contribution in [0.3, 0.4) is 0 Å². The van der Waals surface area contributed by atoms with Crippen molar-refractivity contribution >= 4 is 12.0 Å². The number of carboxylic acid groups (broad SMARTS) is 1. The van der Waals surface area contributed by atoms with Gasteiger partial charge in [0.1, 0.15) is 6.04 Å². The van der Waals surface area contributed by atoms with Crippen LogP contribution in [0.1, 0.15) is 32.4 Å². The van der Waals surface area contributed by atoms with Gasteiger partial charge in [-0.2, -0.15) is 0 Å². The highest BCUT2D eigenvalue weighted by Gasteiger charge is 2.30. The lowest BCUT2D eigenvalue weighted by Gasteiger charge is -2.37. The Bertz CT molecular complexity index is 488. The third-order valence-electron chi connectivity index (χ3n) is 3.98. The van der Waals surface area contributed by atoms with E-state index in [1.807, 2.05) is 0 Å². The Morgan fingerprint density at radius 2 is 2.14 bits per heavy atom. The van der Waals surface area contributed by atoms with Crippen LogP contribution in [0.2, 0.25) is 0 Å². The Balaban J connectivity index is 1.91. The molecule has 1 aliphatic rings. The van der Waals surface area contributed by atoms with Crippen LogP contribution in [0.4, 0.5) is 4.79 Å². The standard InChI is InChI=1S/C14H22N4O3/c1-14(2)3-5-18(6-4-14)13(21)17-11(12(19)20)7-10-8-15-9-16-10/h8-9,11H,3-7H2,1-2H3,(H,15,16)(H,17,21)(H,19,20)/t11-/m1/s1. The number of nitrogens with zero attached hydrogens (tertiary/aromatic N) is 2. The van der Waals surface area contributed by atoms with E-state index in [1.165, 1.54) is 6.33 Å². The molecule has 1 saturated heterocycles. The molecule has 0 aliphatic carbocycles. The molecule has 1 fully saturated rings. The van der Waals surface area contributed by atoms with Gasteiger partial charge in [0.25, 0.3) is 0 Å². The van der Waals surface area contributed by atoms with E-state index in [-0.39, 0.29) is 17.9 Å². The Hall–Kier alpha value is -2.05. The smallest absolute Gasteiger partial charge is 0.326 e. The molecule has 0 radical (unpaired) electrons. The number of carbonyl (C=O) groups excluding carboxylic acids is 1. The second kappa shape index (κ2) is 6.15. The Labute approximate surface area is 123 Å². The van der Waals surface area contributed by atoms with E-state index >= 15 is 0 Å². The van der Waals surface area contributed by atoms with E-state index in [2.05, 4.69) is 29.1 Å². The van der Waals surface area contributed by atoms with Crippen LogP contribution in [0.5, 0.6) is 0 Å². The molecule has 7 nitrogen and oxygen atoms in total. The molecule has 0 unspecified atom stereocenters. The Morgan fingerprint density at radius 3 is 2.67 bits per heavy atom. The van der Waals surface area contributed by atoms with E-state index in [0.717, 1.165) is 12.8 Å². The molecule has 1 aromatic rings.